The number of aromatic carboxylic acids is 1. The van der Waals surface area contributed by atoms with Crippen molar-refractivity contribution in [2.45, 2.75) is 33.3 Å². The average Bonchev–Trinajstić information content (AvgIpc) is 3.08. The van der Waals surface area contributed by atoms with Gasteiger partial charge in [-0.2, -0.15) is 0 Å². The fourth-order valence-electron chi connectivity index (χ4n) is 4.41. The number of cyclic esters (lactones) is 1. The van der Waals surface area contributed by atoms with E-state index in [0.29, 0.717) is 36.8 Å². The Bertz CT molecular complexity index is 1310. The number of rotatable bonds is 3. The fraction of sp³-hybridized carbons (Fsp3) is 0.200. The van der Waals surface area contributed by atoms with Gasteiger partial charge in [0.2, 0.25) is 0 Å². The maximum atomic E-state index is 13.1. The van der Waals surface area contributed by atoms with Gasteiger partial charge in [-0.15, -0.1) is 0 Å². The predicted octanol–water partition coefficient (Wildman–Crippen LogP) is 6.02. The zero-order valence-corrected chi connectivity index (χ0v) is 21.4. The van der Waals surface area contributed by atoms with Crippen LogP contribution in [0.1, 0.15) is 59.7 Å². The van der Waals surface area contributed by atoms with E-state index in [1.54, 1.807) is 32.0 Å². The molecule has 3 aromatic carbocycles. The second-order valence-electron chi connectivity index (χ2n) is 8.15. The fourth-order valence-corrected chi connectivity index (χ4v) is 5.24. The summed E-state index contributed by atoms with van der Waals surface area (Å²) in [5.74, 6) is -1.86. The molecule has 0 atom stereocenters. The summed E-state index contributed by atoms with van der Waals surface area (Å²) in [5.41, 5.74) is 2.65. The third kappa shape index (κ3) is 3.27. The van der Waals surface area contributed by atoms with Crippen molar-refractivity contribution in [3.8, 4) is 11.5 Å². The minimum absolute atomic E-state index is 0.00144. The van der Waals surface area contributed by atoms with Crippen molar-refractivity contribution in [1.29, 1.82) is 0 Å². The minimum atomic E-state index is -1.53. The van der Waals surface area contributed by atoms with Gasteiger partial charge in [0.25, 0.3) is 0 Å². The second kappa shape index (κ2) is 7.88. The van der Waals surface area contributed by atoms with Crippen molar-refractivity contribution >= 4 is 43.8 Å². The molecular formula is C25H20Br2O6. The predicted molar refractivity (Wildman–Crippen MR) is 129 cm³/mol. The van der Waals surface area contributed by atoms with E-state index in [0.717, 1.165) is 11.1 Å². The largest absolute Gasteiger partial charge is 0.508 e. The highest BCUT2D eigenvalue weighted by molar-refractivity contribution is 9.10. The summed E-state index contributed by atoms with van der Waals surface area (Å²) >= 11 is 7.07. The van der Waals surface area contributed by atoms with Crippen LogP contribution in [0.15, 0.2) is 39.3 Å². The molecule has 4 rings (SSSR count). The van der Waals surface area contributed by atoms with E-state index in [-0.39, 0.29) is 22.6 Å². The minimum Gasteiger partial charge on any atom is -0.508 e. The van der Waals surface area contributed by atoms with Crippen LogP contribution in [0.3, 0.4) is 0 Å². The molecule has 0 bridgehead atoms. The molecular weight excluding hydrogens is 556 g/mol. The molecule has 6 nitrogen and oxygen atoms in total. The molecule has 3 N–H and O–H groups in total. The van der Waals surface area contributed by atoms with Crippen LogP contribution in [-0.2, 0) is 10.3 Å². The first-order chi connectivity index (χ1) is 15.4. The number of carbonyl (C=O) groups excluding carboxylic acids is 1. The van der Waals surface area contributed by atoms with Gasteiger partial charge in [-0.3, -0.25) is 0 Å². The SMILES string of the molecule is Cc1c(O)cc(C2(c3cc(O)c(C)c(Br)c3C)OC(=O)c3cc(C(=O)O)ccc32)c(C)c1Br. The molecule has 33 heavy (non-hydrogen) atoms. The van der Waals surface area contributed by atoms with Crippen LogP contribution in [0, 0.1) is 27.7 Å². The monoisotopic (exact) mass is 574 g/mol. The molecule has 3 aromatic rings. The molecule has 1 aliphatic heterocycles. The Balaban J connectivity index is 2.20. The van der Waals surface area contributed by atoms with E-state index in [2.05, 4.69) is 31.9 Å². The lowest BCUT2D eigenvalue weighted by atomic mass is 9.75. The Morgan fingerprint density at radius 2 is 1.30 bits per heavy atom. The summed E-state index contributed by atoms with van der Waals surface area (Å²) in [6.07, 6.45) is 0. The van der Waals surface area contributed by atoms with Crippen LogP contribution in [0.25, 0.3) is 0 Å². The number of aromatic hydroxyl groups is 2. The molecule has 8 heteroatoms. The average molecular weight is 576 g/mol. The molecule has 0 spiro atoms. The number of phenols is 2. The van der Waals surface area contributed by atoms with Gasteiger partial charge in [-0.25, -0.2) is 9.59 Å². The van der Waals surface area contributed by atoms with Crippen LogP contribution in [0.5, 0.6) is 11.5 Å². The number of hydrogen-bond donors (Lipinski definition) is 3. The molecule has 0 amide bonds. The van der Waals surface area contributed by atoms with E-state index < -0.39 is 17.5 Å². The first-order valence-electron chi connectivity index (χ1n) is 10.0. The Kier molecular flexibility index (Phi) is 5.57. The zero-order valence-electron chi connectivity index (χ0n) is 18.2. The number of benzene rings is 3. The summed E-state index contributed by atoms with van der Waals surface area (Å²) in [7, 11) is 0. The topological polar surface area (TPSA) is 104 Å². The molecule has 1 heterocycles. The lowest BCUT2D eigenvalue weighted by Gasteiger charge is -2.34. The normalized spacial score (nSPS) is 14.2. The van der Waals surface area contributed by atoms with Crippen molar-refractivity contribution in [3.05, 3.63) is 89.3 Å². The summed E-state index contributed by atoms with van der Waals surface area (Å²) in [4.78, 5) is 24.7. The molecule has 0 saturated heterocycles. The van der Waals surface area contributed by atoms with Gasteiger partial charge in [0.1, 0.15) is 11.5 Å². The van der Waals surface area contributed by atoms with E-state index in [9.17, 15) is 24.9 Å². The maximum Gasteiger partial charge on any atom is 0.340 e. The first-order valence-corrected chi connectivity index (χ1v) is 11.6. The zero-order chi connectivity index (χ0) is 24.4. The Labute approximate surface area is 207 Å². The van der Waals surface area contributed by atoms with Crippen LogP contribution in [0.2, 0.25) is 0 Å². The number of ether oxygens (including phenoxy) is 1. The lowest BCUT2D eigenvalue weighted by Crippen LogP contribution is -2.32. The molecule has 0 radical (unpaired) electrons. The van der Waals surface area contributed by atoms with Gasteiger partial charge >= 0.3 is 11.9 Å². The molecule has 0 fully saturated rings. The van der Waals surface area contributed by atoms with Gasteiger partial charge < -0.3 is 20.1 Å². The standard InChI is InChI=1S/C25H20Br2O6/c1-10-17(8-19(28)12(3)21(10)26)25(18-9-20(29)13(4)22(27)11(18)2)16-6-5-14(23(30)31)7-15(16)24(32)33-25/h5-9,28-29H,1-4H3,(H,30,31). The van der Waals surface area contributed by atoms with E-state index >= 15 is 0 Å². The summed E-state index contributed by atoms with van der Waals surface area (Å²) in [5, 5.41) is 30.8. The van der Waals surface area contributed by atoms with Gasteiger partial charge in [-0.05, 0) is 63.1 Å². The number of halogens is 2. The Morgan fingerprint density at radius 1 is 0.818 bits per heavy atom. The molecule has 0 unspecified atom stereocenters. The van der Waals surface area contributed by atoms with Gasteiger partial charge in [0, 0.05) is 36.8 Å². The second-order valence-corrected chi connectivity index (χ2v) is 9.74. The Hall–Kier alpha value is -2.84. The van der Waals surface area contributed by atoms with E-state index in [1.807, 2.05) is 13.8 Å². The van der Waals surface area contributed by atoms with Crippen molar-refractivity contribution in [1.82, 2.24) is 0 Å². The van der Waals surface area contributed by atoms with Gasteiger partial charge in [-0.1, -0.05) is 37.9 Å². The van der Waals surface area contributed by atoms with Crippen molar-refractivity contribution in [3.63, 3.8) is 0 Å². The number of carbonyl (C=O) groups is 2. The number of carboxylic acid groups (broad SMARTS) is 1. The van der Waals surface area contributed by atoms with E-state index in [1.165, 1.54) is 12.1 Å². The van der Waals surface area contributed by atoms with Gasteiger partial charge in [0.05, 0.1) is 11.1 Å². The molecule has 0 aliphatic carbocycles. The molecule has 1 aliphatic rings. The number of fused-ring (bicyclic) bond motifs is 1. The van der Waals surface area contributed by atoms with Crippen LogP contribution < -0.4 is 0 Å². The first kappa shape index (κ1) is 23.3. The summed E-state index contributed by atoms with van der Waals surface area (Å²) < 4.78 is 7.39. The molecule has 0 saturated carbocycles. The van der Waals surface area contributed by atoms with Crippen LogP contribution in [0.4, 0.5) is 0 Å². The lowest BCUT2D eigenvalue weighted by molar-refractivity contribution is 0.0246. The van der Waals surface area contributed by atoms with Crippen molar-refractivity contribution in [2.24, 2.45) is 0 Å². The quantitative estimate of drug-likeness (QED) is 0.330. The Morgan fingerprint density at radius 3 is 1.76 bits per heavy atom. The molecule has 170 valence electrons. The van der Waals surface area contributed by atoms with Gasteiger partial charge in [0.15, 0.2) is 5.60 Å². The smallest absolute Gasteiger partial charge is 0.340 e. The highest BCUT2D eigenvalue weighted by Gasteiger charge is 2.51. The van der Waals surface area contributed by atoms with Crippen LogP contribution in [-0.4, -0.2) is 27.3 Å². The van der Waals surface area contributed by atoms with E-state index in [4.69, 9.17) is 4.74 Å². The summed E-state index contributed by atoms with van der Waals surface area (Å²) in [6, 6.07) is 7.35. The molecule has 0 aromatic heterocycles. The number of carboxylic acids is 1. The summed E-state index contributed by atoms with van der Waals surface area (Å²) in [6.45, 7) is 7.19. The number of phenolic OH excluding ortho intramolecular Hbond substituents is 2. The van der Waals surface area contributed by atoms with Crippen molar-refractivity contribution < 1.29 is 29.6 Å². The maximum absolute atomic E-state index is 13.1. The highest BCUT2D eigenvalue weighted by atomic mass is 79.9. The third-order valence-corrected chi connectivity index (χ3v) is 8.70. The van der Waals surface area contributed by atoms with Crippen LogP contribution >= 0.6 is 31.9 Å². The van der Waals surface area contributed by atoms with Crippen molar-refractivity contribution in [2.75, 3.05) is 0 Å². The third-order valence-electron chi connectivity index (χ3n) is 6.33. The number of esters is 1. The number of hydrogen-bond acceptors (Lipinski definition) is 5. The highest BCUT2D eigenvalue weighted by Crippen LogP contribution is 2.53.